The summed E-state index contributed by atoms with van der Waals surface area (Å²) in [5.74, 6) is 0. The third-order valence-corrected chi connectivity index (χ3v) is 5.06. The Balaban J connectivity index is 2.51. The molecule has 0 aromatic heterocycles. The number of anilines is 2. The third-order valence-electron chi connectivity index (χ3n) is 3.39. The van der Waals surface area contributed by atoms with Crippen LogP contribution in [0.15, 0.2) is 35.2 Å². The predicted molar refractivity (Wildman–Crippen MR) is 87.1 cm³/mol. The fourth-order valence-electron chi connectivity index (χ4n) is 2.45. The van der Waals surface area contributed by atoms with Gasteiger partial charge in [-0.25, -0.2) is 8.42 Å². The Labute approximate surface area is 126 Å². The summed E-state index contributed by atoms with van der Waals surface area (Å²) in [6.07, 6.45) is 0. The first kappa shape index (κ1) is 15.4. The van der Waals surface area contributed by atoms with E-state index in [2.05, 4.69) is 4.72 Å². The second kappa shape index (κ2) is 5.41. The van der Waals surface area contributed by atoms with E-state index in [1.165, 1.54) is 0 Å². The van der Waals surface area contributed by atoms with Gasteiger partial charge in [-0.1, -0.05) is 12.1 Å². The average Bonchev–Trinajstić information content (AvgIpc) is 2.31. The molecule has 0 radical (unpaired) electrons. The van der Waals surface area contributed by atoms with Gasteiger partial charge in [0.25, 0.3) is 10.0 Å². The van der Waals surface area contributed by atoms with Crippen molar-refractivity contribution in [2.24, 2.45) is 0 Å². The molecule has 0 aliphatic heterocycles. The summed E-state index contributed by atoms with van der Waals surface area (Å²) in [4.78, 5) is 0.289. The van der Waals surface area contributed by atoms with E-state index in [-0.39, 0.29) is 4.90 Å². The molecule has 2 rings (SSSR count). The summed E-state index contributed by atoms with van der Waals surface area (Å²) in [5, 5.41) is 0. The Hall–Kier alpha value is -2.01. The lowest BCUT2D eigenvalue weighted by Crippen LogP contribution is -2.16. The van der Waals surface area contributed by atoms with Crippen molar-refractivity contribution in [3.05, 3.63) is 52.6 Å². The molecule has 0 bridgehead atoms. The molecule has 21 heavy (non-hydrogen) atoms. The molecule has 0 aliphatic carbocycles. The lowest BCUT2D eigenvalue weighted by Gasteiger charge is -2.15. The largest absolute Gasteiger partial charge is 0.399 e. The van der Waals surface area contributed by atoms with Gasteiger partial charge in [-0.2, -0.15) is 0 Å². The van der Waals surface area contributed by atoms with Gasteiger partial charge in [-0.15, -0.1) is 0 Å². The van der Waals surface area contributed by atoms with E-state index in [1.807, 2.05) is 32.0 Å². The van der Waals surface area contributed by atoms with Crippen LogP contribution in [-0.4, -0.2) is 8.42 Å². The average molecular weight is 304 g/mol. The lowest BCUT2D eigenvalue weighted by atomic mass is 10.1. The highest BCUT2D eigenvalue weighted by Gasteiger charge is 2.20. The van der Waals surface area contributed by atoms with E-state index in [4.69, 9.17) is 5.73 Å². The standard InChI is InChI=1S/C16H20N2O2S/c1-10-5-6-11(2)15(7-10)18-21(19,20)16-12(3)8-14(17)9-13(16)4/h5-9,18H,17H2,1-4H3. The van der Waals surface area contributed by atoms with E-state index in [9.17, 15) is 8.42 Å². The summed E-state index contributed by atoms with van der Waals surface area (Å²) >= 11 is 0. The zero-order valence-electron chi connectivity index (χ0n) is 12.7. The number of rotatable bonds is 3. The van der Waals surface area contributed by atoms with Crippen molar-refractivity contribution in [3.8, 4) is 0 Å². The Bertz CT molecular complexity index is 773. The molecule has 0 unspecified atom stereocenters. The molecule has 0 atom stereocenters. The van der Waals surface area contributed by atoms with Crippen molar-refractivity contribution >= 4 is 21.4 Å². The van der Waals surface area contributed by atoms with Crippen LogP contribution in [0.2, 0.25) is 0 Å². The van der Waals surface area contributed by atoms with Crippen LogP contribution >= 0.6 is 0 Å². The highest BCUT2D eigenvalue weighted by Crippen LogP contribution is 2.26. The predicted octanol–water partition coefficient (Wildman–Crippen LogP) is 3.30. The molecule has 2 aromatic rings. The van der Waals surface area contributed by atoms with E-state index < -0.39 is 10.0 Å². The van der Waals surface area contributed by atoms with Gasteiger partial charge in [0.15, 0.2) is 0 Å². The fraction of sp³-hybridized carbons (Fsp3) is 0.250. The smallest absolute Gasteiger partial charge is 0.262 e. The molecular weight excluding hydrogens is 284 g/mol. The number of benzene rings is 2. The SMILES string of the molecule is Cc1ccc(C)c(NS(=O)(=O)c2c(C)cc(N)cc2C)c1. The monoisotopic (exact) mass is 304 g/mol. The summed E-state index contributed by atoms with van der Waals surface area (Å²) in [6, 6.07) is 9.02. The molecule has 0 saturated heterocycles. The number of nitrogen functional groups attached to an aromatic ring is 1. The number of nitrogens with one attached hydrogen (secondary N) is 1. The molecule has 0 saturated carbocycles. The van der Waals surface area contributed by atoms with Gasteiger partial charge in [0.1, 0.15) is 0 Å². The highest BCUT2D eigenvalue weighted by molar-refractivity contribution is 7.92. The Morgan fingerprint density at radius 2 is 1.48 bits per heavy atom. The van der Waals surface area contributed by atoms with Crippen molar-refractivity contribution in [1.29, 1.82) is 0 Å². The van der Waals surface area contributed by atoms with Crippen LogP contribution in [0.3, 0.4) is 0 Å². The Kier molecular flexibility index (Phi) is 3.96. The van der Waals surface area contributed by atoms with Crippen molar-refractivity contribution < 1.29 is 8.42 Å². The number of hydrogen-bond acceptors (Lipinski definition) is 3. The van der Waals surface area contributed by atoms with Gasteiger partial charge in [0, 0.05) is 5.69 Å². The summed E-state index contributed by atoms with van der Waals surface area (Å²) < 4.78 is 28.0. The first-order valence-corrected chi connectivity index (χ1v) is 8.16. The van der Waals surface area contributed by atoms with Crippen LogP contribution in [0.4, 0.5) is 11.4 Å². The first-order valence-electron chi connectivity index (χ1n) is 6.67. The molecule has 3 N–H and O–H groups in total. The van der Waals surface area contributed by atoms with Crippen LogP contribution in [0.5, 0.6) is 0 Å². The summed E-state index contributed by atoms with van der Waals surface area (Å²) in [7, 11) is -3.64. The zero-order valence-corrected chi connectivity index (χ0v) is 13.5. The fourth-order valence-corrected chi connectivity index (χ4v) is 4.03. The minimum absolute atomic E-state index is 0.289. The number of hydrogen-bond donors (Lipinski definition) is 2. The molecule has 0 heterocycles. The van der Waals surface area contributed by atoms with Gasteiger partial charge in [-0.05, 0) is 68.1 Å². The molecule has 112 valence electrons. The molecule has 4 nitrogen and oxygen atoms in total. The van der Waals surface area contributed by atoms with Crippen LogP contribution in [0, 0.1) is 27.7 Å². The van der Waals surface area contributed by atoms with E-state index in [0.717, 1.165) is 11.1 Å². The van der Waals surface area contributed by atoms with Crippen LogP contribution in [0.1, 0.15) is 22.3 Å². The van der Waals surface area contributed by atoms with Crippen molar-refractivity contribution in [2.75, 3.05) is 10.5 Å². The second-order valence-corrected chi connectivity index (χ2v) is 7.03. The molecule has 5 heteroatoms. The molecule has 0 amide bonds. The summed E-state index contributed by atoms with van der Waals surface area (Å²) in [5.41, 5.74) is 10.1. The molecule has 2 aromatic carbocycles. The number of nitrogens with two attached hydrogens (primary N) is 1. The van der Waals surface area contributed by atoms with Gasteiger partial charge in [0.05, 0.1) is 10.6 Å². The van der Waals surface area contributed by atoms with Crippen LogP contribution in [-0.2, 0) is 10.0 Å². The molecular formula is C16H20N2O2S. The van der Waals surface area contributed by atoms with Crippen molar-refractivity contribution in [1.82, 2.24) is 0 Å². The number of aryl methyl sites for hydroxylation is 4. The maximum absolute atomic E-state index is 12.7. The number of sulfonamides is 1. The Morgan fingerprint density at radius 3 is 2.05 bits per heavy atom. The van der Waals surface area contributed by atoms with Gasteiger partial charge >= 0.3 is 0 Å². The third kappa shape index (κ3) is 3.19. The highest BCUT2D eigenvalue weighted by atomic mass is 32.2. The van der Waals surface area contributed by atoms with Gasteiger partial charge in [-0.3, -0.25) is 4.72 Å². The van der Waals surface area contributed by atoms with Crippen LogP contribution < -0.4 is 10.5 Å². The minimum atomic E-state index is -3.64. The molecule has 0 spiro atoms. The second-order valence-electron chi connectivity index (χ2n) is 5.41. The molecule has 0 fully saturated rings. The van der Waals surface area contributed by atoms with Crippen LogP contribution in [0.25, 0.3) is 0 Å². The summed E-state index contributed by atoms with van der Waals surface area (Å²) in [6.45, 7) is 7.30. The Morgan fingerprint density at radius 1 is 0.905 bits per heavy atom. The van der Waals surface area contributed by atoms with Crippen molar-refractivity contribution in [3.63, 3.8) is 0 Å². The normalized spacial score (nSPS) is 11.4. The van der Waals surface area contributed by atoms with E-state index in [0.29, 0.717) is 22.5 Å². The first-order chi connectivity index (χ1) is 9.70. The maximum Gasteiger partial charge on any atom is 0.262 e. The van der Waals surface area contributed by atoms with Gasteiger partial charge in [0.2, 0.25) is 0 Å². The van der Waals surface area contributed by atoms with E-state index in [1.54, 1.807) is 26.0 Å². The molecule has 0 aliphatic rings. The van der Waals surface area contributed by atoms with Gasteiger partial charge < -0.3 is 5.73 Å². The topological polar surface area (TPSA) is 72.2 Å². The lowest BCUT2D eigenvalue weighted by molar-refractivity contribution is 0.600. The quantitative estimate of drug-likeness (QED) is 0.855. The maximum atomic E-state index is 12.7. The minimum Gasteiger partial charge on any atom is -0.399 e. The zero-order chi connectivity index (χ0) is 15.8. The van der Waals surface area contributed by atoms with Crippen molar-refractivity contribution in [2.45, 2.75) is 32.6 Å². The van der Waals surface area contributed by atoms with E-state index >= 15 is 0 Å².